The van der Waals surface area contributed by atoms with Crippen molar-refractivity contribution in [1.29, 1.82) is 0 Å². The van der Waals surface area contributed by atoms with Gasteiger partial charge in [0.2, 0.25) is 0 Å². The number of rotatable bonds is 6. The summed E-state index contributed by atoms with van der Waals surface area (Å²) in [5.74, 6) is -1.89. The van der Waals surface area contributed by atoms with Gasteiger partial charge in [-0.15, -0.1) is 0 Å². The summed E-state index contributed by atoms with van der Waals surface area (Å²) in [6, 6.07) is 16.2. The van der Waals surface area contributed by atoms with Crippen molar-refractivity contribution in [1.82, 2.24) is 20.5 Å². The molecule has 8 nitrogen and oxygen atoms in total. The number of aryl methyl sites for hydroxylation is 1. The van der Waals surface area contributed by atoms with Gasteiger partial charge in [0, 0.05) is 49.6 Å². The number of nitrogens with two attached hydrogens (primary N) is 1. The van der Waals surface area contributed by atoms with Crippen molar-refractivity contribution < 1.29 is 22.8 Å². The maximum absolute atomic E-state index is 13.4. The molecule has 3 heterocycles. The van der Waals surface area contributed by atoms with Crippen LogP contribution in [0.3, 0.4) is 0 Å². The lowest BCUT2D eigenvalue weighted by Gasteiger charge is -2.31. The molecule has 39 heavy (non-hydrogen) atoms. The molecule has 4 N–H and O–H groups in total. The average Bonchev–Trinajstić information content (AvgIpc) is 3.35. The number of furan rings is 1. The number of pyridine rings is 1. The Morgan fingerprint density at radius 1 is 1.00 bits per heavy atom. The van der Waals surface area contributed by atoms with E-state index in [0.29, 0.717) is 23.7 Å². The van der Waals surface area contributed by atoms with E-state index in [0.717, 1.165) is 33.2 Å². The molecule has 10 heteroatoms. The van der Waals surface area contributed by atoms with Crippen molar-refractivity contribution in [2.24, 2.45) is 0 Å². The molecule has 1 fully saturated rings. The summed E-state index contributed by atoms with van der Waals surface area (Å²) in [6.45, 7) is 2.60. The number of hydrogen-bond acceptors (Lipinski definition) is 5. The predicted octanol–water partition coefficient (Wildman–Crippen LogP) is 5.26. The van der Waals surface area contributed by atoms with Gasteiger partial charge in [0.05, 0.1) is 6.54 Å². The number of piperidine rings is 1. The Morgan fingerprint density at radius 2 is 1.72 bits per heavy atom. The highest BCUT2D eigenvalue weighted by Crippen LogP contribution is 2.31. The molecule has 0 bridgehead atoms. The second-order valence-electron chi connectivity index (χ2n) is 9.78. The lowest BCUT2D eigenvalue weighted by Crippen LogP contribution is -2.42. The number of urea groups is 1. The molecule has 0 atom stereocenters. The highest BCUT2D eigenvalue weighted by molar-refractivity contribution is 5.95. The minimum absolute atomic E-state index is 0.0584. The molecule has 0 aliphatic carbocycles. The zero-order valence-corrected chi connectivity index (χ0v) is 21.5. The quantitative estimate of drug-likeness (QED) is 0.313. The van der Waals surface area contributed by atoms with Gasteiger partial charge in [0.25, 0.3) is 11.8 Å². The Hall–Kier alpha value is -4.47. The van der Waals surface area contributed by atoms with Crippen LogP contribution in [0.25, 0.3) is 22.1 Å². The zero-order chi connectivity index (χ0) is 27.6. The number of nitrogens with zero attached hydrogens (tertiary/aromatic N) is 2. The Kier molecular flexibility index (Phi) is 7.19. The molecule has 1 aliphatic rings. The SMILES string of the molecule is Cc1cc(-c2ccc(C(=O)N3CCC(F)(F)CC3)cc2)cc2cc(CNC(=O)NCc3ccc(N)nc3)oc12. The Bertz CT molecular complexity index is 1490. The molecule has 0 spiro atoms. The van der Waals surface area contributed by atoms with Crippen LogP contribution >= 0.6 is 0 Å². The van der Waals surface area contributed by atoms with Gasteiger partial charge in [-0.1, -0.05) is 18.2 Å². The fraction of sp³-hybridized carbons (Fsp3) is 0.276. The number of nitrogen functional groups attached to an aromatic ring is 1. The lowest BCUT2D eigenvalue weighted by atomic mass is 9.99. The van der Waals surface area contributed by atoms with Crippen LogP contribution in [0.15, 0.2) is 65.2 Å². The third-order valence-corrected chi connectivity index (χ3v) is 6.82. The predicted molar refractivity (Wildman–Crippen MR) is 144 cm³/mol. The molecule has 0 unspecified atom stereocenters. The number of hydrogen-bond donors (Lipinski definition) is 3. The summed E-state index contributed by atoms with van der Waals surface area (Å²) in [5, 5.41) is 6.45. The Labute approximate surface area is 224 Å². The number of alkyl halides is 2. The first-order chi connectivity index (χ1) is 18.7. The average molecular weight is 534 g/mol. The summed E-state index contributed by atoms with van der Waals surface area (Å²) in [4.78, 5) is 30.4. The van der Waals surface area contributed by atoms with Gasteiger partial charge in [-0.05, 0) is 65.6 Å². The molecule has 0 saturated carbocycles. The van der Waals surface area contributed by atoms with E-state index in [1.165, 1.54) is 4.90 Å². The molecule has 3 amide bonds. The van der Waals surface area contributed by atoms with Gasteiger partial charge in [-0.2, -0.15) is 0 Å². The number of halogens is 2. The summed E-state index contributed by atoms with van der Waals surface area (Å²) < 4.78 is 32.9. The molecule has 4 aromatic rings. The number of benzene rings is 2. The third-order valence-electron chi connectivity index (χ3n) is 6.82. The maximum Gasteiger partial charge on any atom is 0.315 e. The molecule has 5 rings (SSSR count). The molecule has 2 aromatic heterocycles. The second kappa shape index (κ2) is 10.7. The fourth-order valence-corrected chi connectivity index (χ4v) is 4.61. The summed E-state index contributed by atoms with van der Waals surface area (Å²) in [5.41, 5.74) is 10.4. The van der Waals surface area contributed by atoms with Crippen molar-refractivity contribution in [3.05, 3.63) is 83.2 Å². The fourth-order valence-electron chi connectivity index (χ4n) is 4.61. The van der Waals surface area contributed by atoms with Gasteiger partial charge < -0.3 is 25.7 Å². The van der Waals surface area contributed by atoms with Crippen molar-refractivity contribution in [2.75, 3.05) is 18.8 Å². The van der Waals surface area contributed by atoms with Gasteiger partial charge in [-0.3, -0.25) is 4.79 Å². The summed E-state index contributed by atoms with van der Waals surface area (Å²) in [6.07, 6.45) is 1.01. The summed E-state index contributed by atoms with van der Waals surface area (Å²) >= 11 is 0. The van der Waals surface area contributed by atoms with Crippen LogP contribution in [0.2, 0.25) is 0 Å². The largest absolute Gasteiger partial charge is 0.459 e. The minimum Gasteiger partial charge on any atom is -0.459 e. The van der Waals surface area contributed by atoms with Crippen LogP contribution in [-0.4, -0.2) is 40.8 Å². The zero-order valence-electron chi connectivity index (χ0n) is 21.5. The number of likely N-dealkylation sites (tertiary alicyclic amines) is 1. The first-order valence-corrected chi connectivity index (χ1v) is 12.7. The van der Waals surface area contributed by atoms with E-state index in [-0.39, 0.29) is 44.4 Å². The summed E-state index contributed by atoms with van der Waals surface area (Å²) in [7, 11) is 0. The second-order valence-corrected chi connectivity index (χ2v) is 9.78. The van der Waals surface area contributed by atoms with Crippen LogP contribution in [0.4, 0.5) is 19.4 Å². The number of fused-ring (bicyclic) bond motifs is 1. The molecule has 1 saturated heterocycles. The Balaban J connectivity index is 1.22. The molecular weight excluding hydrogens is 504 g/mol. The number of amides is 3. The number of anilines is 1. The monoisotopic (exact) mass is 533 g/mol. The number of aromatic nitrogens is 1. The molecule has 0 radical (unpaired) electrons. The van der Waals surface area contributed by atoms with E-state index in [2.05, 4.69) is 15.6 Å². The van der Waals surface area contributed by atoms with Crippen LogP contribution in [0, 0.1) is 6.92 Å². The van der Waals surface area contributed by atoms with Crippen molar-refractivity contribution in [3.8, 4) is 11.1 Å². The highest BCUT2D eigenvalue weighted by Gasteiger charge is 2.35. The van der Waals surface area contributed by atoms with E-state index in [1.807, 2.05) is 37.3 Å². The van der Waals surface area contributed by atoms with E-state index < -0.39 is 5.92 Å². The van der Waals surface area contributed by atoms with E-state index in [9.17, 15) is 18.4 Å². The van der Waals surface area contributed by atoms with Crippen LogP contribution in [-0.2, 0) is 13.1 Å². The van der Waals surface area contributed by atoms with Crippen LogP contribution < -0.4 is 16.4 Å². The molecule has 2 aromatic carbocycles. The van der Waals surface area contributed by atoms with Gasteiger partial charge in [0.1, 0.15) is 17.2 Å². The van der Waals surface area contributed by atoms with Crippen LogP contribution in [0.5, 0.6) is 0 Å². The highest BCUT2D eigenvalue weighted by atomic mass is 19.3. The van der Waals surface area contributed by atoms with Crippen LogP contribution in [0.1, 0.15) is 40.1 Å². The molecule has 1 aliphatic heterocycles. The standard InChI is InChI=1S/C29H29F2N5O3/c1-18-12-22(20-3-5-21(6-4-20)27(37)36-10-8-29(30,31)9-11-36)13-23-14-24(39-26(18)23)17-35-28(38)34-16-19-2-7-25(32)33-15-19/h2-7,12-15H,8-11,16-17H2,1H3,(H2,32,33)(H2,34,35,38). The maximum atomic E-state index is 13.4. The Morgan fingerprint density at radius 3 is 2.41 bits per heavy atom. The van der Waals surface area contributed by atoms with Crippen molar-refractivity contribution >= 4 is 28.7 Å². The molecular formula is C29H29F2N5O3. The topological polar surface area (TPSA) is 113 Å². The molecule has 202 valence electrons. The van der Waals surface area contributed by atoms with Gasteiger partial charge >= 0.3 is 6.03 Å². The smallest absolute Gasteiger partial charge is 0.315 e. The number of nitrogens with one attached hydrogen (secondary N) is 2. The first kappa shape index (κ1) is 26.1. The van der Waals surface area contributed by atoms with E-state index in [4.69, 9.17) is 10.2 Å². The third kappa shape index (κ3) is 6.17. The van der Waals surface area contributed by atoms with Gasteiger partial charge in [-0.25, -0.2) is 18.6 Å². The lowest BCUT2D eigenvalue weighted by molar-refractivity contribution is -0.0494. The van der Waals surface area contributed by atoms with E-state index >= 15 is 0 Å². The van der Waals surface area contributed by atoms with E-state index in [1.54, 1.807) is 30.5 Å². The van der Waals surface area contributed by atoms with Crippen molar-refractivity contribution in [3.63, 3.8) is 0 Å². The number of carbonyl (C=O) groups is 2. The first-order valence-electron chi connectivity index (χ1n) is 12.7. The number of carbonyl (C=O) groups excluding carboxylic acids is 2. The van der Waals surface area contributed by atoms with Gasteiger partial charge in [0.15, 0.2) is 0 Å². The minimum atomic E-state index is -2.69. The normalized spacial score (nSPS) is 14.8. The van der Waals surface area contributed by atoms with Crippen molar-refractivity contribution in [2.45, 2.75) is 38.8 Å².